The van der Waals surface area contributed by atoms with E-state index in [1.54, 1.807) is 11.3 Å². The molecule has 20 heavy (non-hydrogen) atoms. The highest BCUT2D eigenvalue weighted by atomic mass is 32.1. The van der Waals surface area contributed by atoms with Crippen LogP contribution in [0.1, 0.15) is 45.3 Å². The van der Waals surface area contributed by atoms with Crippen LogP contribution in [-0.4, -0.2) is 20.9 Å². The van der Waals surface area contributed by atoms with Crippen LogP contribution in [0, 0.1) is 13.8 Å². The molecule has 0 aliphatic carbocycles. The molecule has 0 spiro atoms. The van der Waals surface area contributed by atoms with Gasteiger partial charge >= 0.3 is 0 Å². The summed E-state index contributed by atoms with van der Waals surface area (Å²) in [5, 5.41) is 3.69. The minimum absolute atomic E-state index is 0.0101. The molecule has 7 heteroatoms. The molecule has 1 atom stereocenters. The number of nitrogens with zero attached hydrogens (tertiary/aromatic N) is 2. The standard InChI is InChI=1S/C13H16N4O2S/c1-4-10(13-16-7(2)8(3)20-13)17-12(19)9-5-14-6-15-11(9)18/h5-6,10H,4H2,1-3H3,(H,17,19)(H,14,15,18)/t10-/m0/s1. The summed E-state index contributed by atoms with van der Waals surface area (Å²) in [5.41, 5.74) is 0.534. The maximum atomic E-state index is 12.1. The van der Waals surface area contributed by atoms with Crippen molar-refractivity contribution in [3.63, 3.8) is 0 Å². The van der Waals surface area contributed by atoms with Crippen LogP contribution in [0.5, 0.6) is 0 Å². The lowest BCUT2D eigenvalue weighted by atomic mass is 10.2. The van der Waals surface area contributed by atoms with Crippen LogP contribution in [0.25, 0.3) is 0 Å². The third kappa shape index (κ3) is 2.93. The van der Waals surface area contributed by atoms with Crippen molar-refractivity contribution in [1.29, 1.82) is 0 Å². The Morgan fingerprint density at radius 1 is 1.50 bits per heavy atom. The molecule has 0 aliphatic rings. The van der Waals surface area contributed by atoms with Gasteiger partial charge in [0.25, 0.3) is 11.5 Å². The van der Waals surface area contributed by atoms with Crippen LogP contribution in [0.3, 0.4) is 0 Å². The number of hydrogen-bond acceptors (Lipinski definition) is 5. The topological polar surface area (TPSA) is 87.7 Å². The normalized spacial score (nSPS) is 12.2. The van der Waals surface area contributed by atoms with Crippen molar-refractivity contribution in [1.82, 2.24) is 20.3 Å². The molecule has 0 aromatic carbocycles. The fourth-order valence-corrected chi connectivity index (χ4v) is 2.78. The van der Waals surface area contributed by atoms with Crippen molar-refractivity contribution in [2.45, 2.75) is 33.2 Å². The Morgan fingerprint density at radius 3 is 2.80 bits per heavy atom. The zero-order valence-corrected chi connectivity index (χ0v) is 12.4. The number of nitrogens with one attached hydrogen (secondary N) is 2. The van der Waals surface area contributed by atoms with Gasteiger partial charge in [-0.25, -0.2) is 9.97 Å². The Kier molecular flexibility index (Phi) is 4.29. The Balaban J connectivity index is 2.21. The molecule has 0 saturated carbocycles. The van der Waals surface area contributed by atoms with Crippen LogP contribution >= 0.6 is 11.3 Å². The summed E-state index contributed by atoms with van der Waals surface area (Å²) in [6, 6.07) is -0.195. The van der Waals surface area contributed by atoms with Gasteiger partial charge in [-0.05, 0) is 20.3 Å². The summed E-state index contributed by atoms with van der Waals surface area (Å²) in [6.07, 6.45) is 3.22. The van der Waals surface area contributed by atoms with Crippen molar-refractivity contribution in [2.24, 2.45) is 0 Å². The van der Waals surface area contributed by atoms with Gasteiger partial charge in [-0.2, -0.15) is 0 Å². The van der Waals surface area contributed by atoms with E-state index in [0.717, 1.165) is 15.6 Å². The number of thiazole rings is 1. The first-order valence-electron chi connectivity index (χ1n) is 6.30. The number of aryl methyl sites for hydroxylation is 2. The smallest absolute Gasteiger partial charge is 0.263 e. The van der Waals surface area contributed by atoms with Crippen molar-refractivity contribution in [3.05, 3.63) is 44.0 Å². The maximum Gasteiger partial charge on any atom is 0.263 e. The van der Waals surface area contributed by atoms with Gasteiger partial charge < -0.3 is 10.3 Å². The monoisotopic (exact) mass is 292 g/mol. The predicted octanol–water partition coefficient (Wildman–Crippen LogP) is 1.72. The van der Waals surface area contributed by atoms with Crippen molar-refractivity contribution in [3.8, 4) is 0 Å². The van der Waals surface area contributed by atoms with Gasteiger partial charge in [0.2, 0.25) is 0 Å². The molecule has 6 nitrogen and oxygen atoms in total. The first-order chi connectivity index (χ1) is 9.52. The van der Waals surface area contributed by atoms with E-state index in [1.807, 2.05) is 20.8 Å². The lowest BCUT2D eigenvalue weighted by molar-refractivity contribution is 0.0933. The van der Waals surface area contributed by atoms with E-state index < -0.39 is 11.5 Å². The number of carbonyl (C=O) groups excluding carboxylic acids is 1. The van der Waals surface area contributed by atoms with E-state index in [-0.39, 0.29) is 11.6 Å². The van der Waals surface area contributed by atoms with E-state index in [4.69, 9.17) is 0 Å². The molecule has 2 rings (SSSR count). The quantitative estimate of drug-likeness (QED) is 0.898. The number of aromatic amines is 1. The maximum absolute atomic E-state index is 12.1. The van der Waals surface area contributed by atoms with E-state index in [0.29, 0.717) is 6.42 Å². The number of carbonyl (C=O) groups is 1. The van der Waals surface area contributed by atoms with Crippen LogP contribution in [0.2, 0.25) is 0 Å². The minimum atomic E-state index is -0.446. The first-order valence-corrected chi connectivity index (χ1v) is 7.12. The molecule has 1 amide bonds. The molecule has 0 saturated heterocycles. The molecule has 0 bridgehead atoms. The average Bonchev–Trinajstić information content (AvgIpc) is 2.76. The van der Waals surface area contributed by atoms with Gasteiger partial charge in [0.15, 0.2) is 0 Å². The van der Waals surface area contributed by atoms with E-state index in [2.05, 4.69) is 20.3 Å². The summed E-state index contributed by atoms with van der Waals surface area (Å²) in [6.45, 7) is 5.90. The zero-order valence-electron chi connectivity index (χ0n) is 11.6. The molecule has 106 valence electrons. The lowest BCUT2D eigenvalue weighted by Crippen LogP contribution is -2.32. The zero-order chi connectivity index (χ0) is 14.7. The third-order valence-corrected chi connectivity index (χ3v) is 4.21. The van der Waals surface area contributed by atoms with Crippen molar-refractivity contribution >= 4 is 17.2 Å². The minimum Gasteiger partial charge on any atom is -0.343 e. The Morgan fingerprint density at radius 2 is 2.25 bits per heavy atom. The van der Waals surface area contributed by atoms with Crippen molar-refractivity contribution < 1.29 is 4.79 Å². The van der Waals surface area contributed by atoms with Gasteiger partial charge in [-0.3, -0.25) is 9.59 Å². The largest absolute Gasteiger partial charge is 0.343 e. The van der Waals surface area contributed by atoms with Gasteiger partial charge in [0.05, 0.1) is 18.1 Å². The van der Waals surface area contributed by atoms with Crippen LogP contribution < -0.4 is 10.9 Å². The molecule has 0 unspecified atom stereocenters. The second-order valence-electron chi connectivity index (χ2n) is 4.42. The molecule has 0 aliphatic heterocycles. The molecule has 0 fully saturated rings. The second-order valence-corrected chi connectivity index (χ2v) is 5.66. The van der Waals surface area contributed by atoms with E-state index in [9.17, 15) is 9.59 Å². The number of aromatic nitrogens is 3. The fraction of sp³-hybridized carbons (Fsp3) is 0.385. The fourth-order valence-electron chi connectivity index (χ4n) is 1.73. The SMILES string of the molecule is CC[C@H](NC(=O)c1cnc[nH]c1=O)c1nc(C)c(C)s1. The number of rotatable bonds is 4. The molecule has 2 aromatic heterocycles. The summed E-state index contributed by atoms with van der Waals surface area (Å²) < 4.78 is 0. The molecule has 0 radical (unpaired) electrons. The van der Waals surface area contributed by atoms with Crippen molar-refractivity contribution in [2.75, 3.05) is 0 Å². The number of H-pyrrole nitrogens is 1. The Labute approximate surface area is 120 Å². The summed E-state index contributed by atoms with van der Waals surface area (Å²) >= 11 is 1.56. The van der Waals surface area contributed by atoms with Crippen LogP contribution in [0.4, 0.5) is 0 Å². The van der Waals surface area contributed by atoms with Gasteiger partial charge in [0, 0.05) is 11.1 Å². The lowest BCUT2D eigenvalue weighted by Gasteiger charge is -2.13. The predicted molar refractivity (Wildman–Crippen MR) is 76.9 cm³/mol. The molecule has 2 N–H and O–H groups in total. The van der Waals surface area contributed by atoms with Gasteiger partial charge in [-0.1, -0.05) is 6.92 Å². The molecular weight excluding hydrogens is 276 g/mol. The van der Waals surface area contributed by atoms with Gasteiger partial charge in [-0.15, -0.1) is 11.3 Å². The highest BCUT2D eigenvalue weighted by Crippen LogP contribution is 2.24. The first kappa shape index (κ1) is 14.4. The summed E-state index contributed by atoms with van der Waals surface area (Å²) in [7, 11) is 0. The van der Waals surface area contributed by atoms with Crippen LogP contribution in [-0.2, 0) is 0 Å². The molecular formula is C13H16N4O2S. The van der Waals surface area contributed by atoms with E-state index >= 15 is 0 Å². The van der Waals surface area contributed by atoms with E-state index in [1.165, 1.54) is 12.5 Å². The highest BCUT2D eigenvalue weighted by Gasteiger charge is 2.19. The average molecular weight is 292 g/mol. The number of hydrogen-bond donors (Lipinski definition) is 2. The third-order valence-electron chi connectivity index (χ3n) is 3.02. The highest BCUT2D eigenvalue weighted by molar-refractivity contribution is 7.11. The Bertz CT molecular complexity index is 658. The number of amides is 1. The molecule has 2 heterocycles. The summed E-state index contributed by atoms with van der Waals surface area (Å²) in [4.78, 5) is 35.4. The summed E-state index contributed by atoms with van der Waals surface area (Å²) in [5.74, 6) is -0.434. The second kappa shape index (κ2) is 5.96. The molecule has 2 aromatic rings. The van der Waals surface area contributed by atoms with Crippen LogP contribution in [0.15, 0.2) is 17.3 Å². The Hall–Kier alpha value is -2.02. The van der Waals surface area contributed by atoms with Gasteiger partial charge in [0.1, 0.15) is 10.6 Å².